The van der Waals surface area contributed by atoms with Gasteiger partial charge in [-0.1, -0.05) is 0 Å². The highest BCUT2D eigenvalue weighted by molar-refractivity contribution is 6.01. The summed E-state index contributed by atoms with van der Waals surface area (Å²) in [6.45, 7) is 3.23. The standard InChI is InChI=1S/C15H24N6O3/c1-16-13(17-4-6-21-12(23)8-18-14(21)24)20-5-2-3-15(10-20)7-11(22)19-9-15/h2-10H2,1H3,(H,16,17)(H,18,24)(H,19,22). The second-order valence-corrected chi connectivity index (χ2v) is 6.66. The number of urea groups is 1. The topological polar surface area (TPSA) is 106 Å². The molecule has 3 N–H and O–H groups in total. The van der Waals surface area contributed by atoms with Gasteiger partial charge in [0.2, 0.25) is 11.8 Å². The fourth-order valence-electron chi connectivity index (χ4n) is 3.72. The molecule has 9 nitrogen and oxygen atoms in total. The van der Waals surface area contributed by atoms with Gasteiger partial charge in [0.15, 0.2) is 5.96 Å². The van der Waals surface area contributed by atoms with E-state index in [9.17, 15) is 14.4 Å². The molecule has 0 radical (unpaired) electrons. The summed E-state index contributed by atoms with van der Waals surface area (Å²) >= 11 is 0. The molecule has 0 saturated carbocycles. The quantitative estimate of drug-likeness (QED) is 0.338. The lowest BCUT2D eigenvalue weighted by Crippen LogP contribution is -2.52. The summed E-state index contributed by atoms with van der Waals surface area (Å²) in [6.07, 6.45) is 2.63. The summed E-state index contributed by atoms with van der Waals surface area (Å²) in [6, 6.07) is -0.343. The van der Waals surface area contributed by atoms with Crippen molar-refractivity contribution in [3.63, 3.8) is 0 Å². The SMILES string of the molecule is CN=C(NCCN1C(=O)CNC1=O)N1CCCC2(CNC(=O)C2)C1. The van der Waals surface area contributed by atoms with E-state index in [1.54, 1.807) is 7.05 Å². The molecule has 0 aromatic heterocycles. The van der Waals surface area contributed by atoms with Crippen LogP contribution < -0.4 is 16.0 Å². The van der Waals surface area contributed by atoms with Gasteiger partial charge in [-0.15, -0.1) is 0 Å². The lowest BCUT2D eigenvalue weighted by atomic mass is 9.79. The van der Waals surface area contributed by atoms with E-state index < -0.39 is 0 Å². The molecular weight excluding hydrogens is 312 g/mol. The predicted molar refractivity (Wildman–Crippen MR) is 87.3 cm³/mol. The van der Waals surface area contributed by atoms with Gasteiger partial charge in [-0.25, -0.2) is 4.79 Å². The molecule has 3 aliphatic rings. The Morgan fingerprint density at radius 2 is 2.17 bits per heavy atom. The van der Waals surface area contributed by atoms with Crippen molar-refractivity contribution >= 4 is 23.8 Å². The molecule has 3 aliphatic heterocycles. The largest absolute Gasteiger partial charge is 0.355 e. The Labute approximate surface area is 140 Å². The van der Waals surface area contributed by atoms with Crippen LogP contribution in [0, 0.1) is 5.41 Å². The fraction of sp³-hybridized carbons (Fsp3) is 0.733. The van der Waals surface area contributed by atoms with E-state index in [1.165, 1.54) is 4.90 Å². The number of nitrogens with one attached hydrogen (secondary N) is 3. The molecule has 0 aromatic rings. The summed E-state index contributed by atoms with van der Waals surface area (Å²) < 4.78 is 0. The van der Waals surface area contributed by atoms with Gasteiger partial charge in [-0.2, -0.15) is 0 Å². The lowest BCUT2D eigenvalue weighted by molar-refractivity contribution is -0.125. The van der Waals surface area contributed by atoms with Crippen molar-refractivity contribution in [3.8, 4) is 0 Å². The van der Waals surface area contributed by atoms with Crippen LogP contribution in [0.2, 0.25) is 0 Å². The van der Waals surface area contributed by atoms with E-state index in [1.807, 2.05) is 0 Å². The van der Waals surface area contributed by atoms with E-state index in [0.717, 1.165) is 38.4 Å². The molecule has 4 amide bonds. The predicted octanol–water partition coefficient (Wildman–Crippen LogP) is -1.28. The first-order chi connectivity index (χ1) is 11.5. The van der Waals surface area contributed by atoms with Crippen LogP contribution in [0.25, 0.3) is 0 Å². The summed E-state index contributed by atoms with van der Waals surface area (Å²) in [7, 11) is 1.72. The normalized spacial score (nSPS) is 27.7. The molecule has 0 aromatic carbocycles. The van der Waals surface area contributed by atoms with Gasteiger partial charge >= 0.3 is 6.03 Å². The van der Waals surface area contributed by atoms with Crippen molar-refractivity contribution in [3.05, 3.63) is 0 Å². The van der Waals surface area contributed by atoms with Gasteiger partial charge in [0.25, 0.3) is 0 Å². The maximum absolute atomic E-state index is 11.6. The maximum atomic E-state index is 11.6. The first-order valence-corrected chi connectivity index (χ1v) is 8.33. The zero-order chi connectivity index (χ0) is 17.2. The number of carbonyl (C=O) groups is 3. The van der Waals surface area contributed by atoms with Crippen LogP contribution in [0.15, 0.2) is 4.99 Å². The molecule has 132 valence electrons. The van der Waals surface area contributed by atoms with Gasteiger partial charge in [0.05, 0.1) is 6.54 Å². The Morgan fingerprint density at radius 3 is 2.79 bits per heavy atom. The van der Waals surface area contributed by atoms with Crippen LogP contribution in [0.5, 0.6) is 0 Å². The van der Waals surface area contributed by atoms with E-state index in [-0.39, 0.29) is 29.8 Å². The van der Waals surface area contributed by atoms with E-state index in [2.05, 4.69) is 25.8 Å². The molecular formula is C15H24N6O3. The van der Waals surface area contributed by atoms with Crippen molar-refractivity contribution in [1.82, 2.24) is 25.8 Å². The molecule has 3 saturated heterocycles. The summed E-state index contributed by atoms with van der Waals surface area (Å²) in [5.41, 5.74) is -0.00222. The van der Waals surface area contributed by atoms with Crippen LogP contribution in [-0.2, 0) is 9.59 Å². The fourth-order valence-corrected chi connectivity index (χ4v) is 3.72. The Hall–Kier alpha value is -2.32. The van der Waals surface area contributed by atoms with Crippen molar-refractivity contribution in [2.45, 2.75) is 19.3 Å². The van der Waals surface area contributed by atoms with E-state index in [4.69, 9.17) is 0 Å². The van der Waals surface area contributed by atoms with Crippen LogP contribution in [-0.4, -0.2) is 79.9 Å². The van der Waals surface area contributed by atoms with Gasteiger partial charge < -0.3 is 20.9 Å². The molecule has 0 bridgehead atoms. The third-order valence-corrected chi connectivity index (χ3v) is 4.92. The molecule has 9 heteroatoms. The van der Waals surface area contributed by atoms with Gasteiger partial charge in [-0.05, 0) is 12.8 Å². The third-order valence-electron chi connectivity index (χ3n) is 4.92. The number of carbonyl (C=O) groups excluding carboxylic acids is 3. The minimum absolute atomic E-state index is 0.00222. The highest BCUT2D eigenvalue weighted by Crippen LogP contribution is 2.35. The number of imide groups is 1. The molecule has 3 heterocycles. The number of rotatable bonds is 3. The minimum atomic E-state index is -0.343. The van der Waals surface area contributed by atoms with E-state index >= 15 is 0 Å². The molecule has 1 unspecified atom stereocenters. The molecule has 1 atom stereocenters. The summed E-state index contributed by atoms with van der Waals surface area (Å²) in [5, 5.41) is 8.66. The highest BCUT2D eigenvalue weighted by atomic mass is 16.2. The first kappa shape index (κ1) is 16.5. The van der Waals surface area contributed by atoms with Crippen LogP contribution in [0.1, 0.15) is 19.3 Å². The summed E-state index contributed by atoms with van der Waals surface area (Å²) in [4.78, 5) is 42.4. The second kappa shape index (κ2) is 6.66. The van der Waals surface area contributed by atoms with E-state index in [0.29, 0.717) is 19.5 Å². The first-order valence-electron chi connectivity index (χ1n) is 8.33. The van der Waals surface area contributed by atoms with Crippen LogP contribution in [0.4, 0.5) is 4.79 Å². The molecule has 3 rings (SSSR count). The highest BCUT2D eigenvalue weighted by Gasteiger charge is 2.42. The number of guanidine groups is 1. The molecule has 0 aliphatic carbocycles. The average molecular weight is 336 g/mol. The maximum Gasteiger partial charge on any atom is 0.324 e. The number of piperidine rings is 1. The van der Waals surface area contributed by atoms with Crippen molar-refractivity contribution in [2.75, 3.05) is 46.3 Å². The average Bonchev–Trinajstić information content (AvgIpc) is 3.07. The number of nitrogens with zero attached hydrogens (tertiary/aromatic N) is 3. The molecule has 1 spiro atoms. The Balaban J connectivity index is 1.53. The number of aliphatic imine (C=N–C) groups is 1. The lowest BCUT2D eigenvalue weighted by Gasteiger charge is -2.40. The zero-order valence-corrected chi connectivity index (χ0v) is 13.9. The Bertz CT molecular complexity index is 562. The number of hydrogen-bond acceptors (Lipinski definition) is 4. The number of likely N-dealkylation sites (tertiary alicyclic amines) is 1. The van der Waals surface area contributed by atoms with Crippen molar-refractivity contribution in [2.24, 2.45) is 10.4 Å². The number of amides is 4. The number of hydrogen-bond donors (Lipinski definition) is 3. The third kappa shape index (κ3) is 3.29. The van der Waals surface area contributed by atoms with Gasteiger partial charge in [0, 0.05) is 51.6 Å². The van der Waals surface area contributed by atoms with Gasteiger partial charge in [0.1, 0.15) is 0 Å². The van der Waals surface area contributed by atoms with Gasteiger partial charge in [-0.3, -0.25) is 19.5 Å². The summed E-state index contributed by atoms with van der Waals surface area (Å²) in [5.74, 6) is 0.670. The van der Waals surface area contributed by atoms with Crippen molar-refractivity contribution < 1.29 is 14.4 Å². The zero-order valence-electron chi connectivity index (χ0n) is 13.9. The van der Waals surface area contributed by atoms with Crippen LogP contribution in [0.3, 0.4) is 0 Å². The Morgan fingerprint density at radius 1 is 1.33 bits per heavy atom. The van der Waals surface area contributed by atoms with Crippen LogP contribution >= 0.6 is 0 Å². The minimum Gasteiger partial charge on any atom is -0.355 e. The smallest absolute Gasteiger partial charge is 0.324 e. The van der Waals surface area contributed by atoms with Crippen molar-refractivity contribution in [1.29, 1.82) is 0 Å². The molecule has 24 heavy (non-hydrogen) atoms. The molecule has 3 fully saturated rings. The Kier molecular flexibility index (Phi) is 4.59. The second-order valence-electron chi connectivity index (χ2n) is 6.66. The monoisotopic (exact) mass is 336 g/mol.